The van der Waals surface area contributed by atoms with Gasteiger partial charge in [-0.25, -0.2) is 4.79 Å². The fourth-order valence-electron chi connectivity index (χ4n) is 3.34. The summed E-state index contributed by atoms with van der Waals surface area (Å²) in [6.07, 6.45) is 5.78. The van der Waals surface area contributed by atoms with E-state index in [1.54, 1.807) is 17.5 Å². The number of thiophene rings is 1. The summed E-state index contributed by atoms with van der Waals surface area (Å²) in [6.45, 7) is 1.50. The molecule has 2 aromatic heterocycles. The van der Waals surface area contributed by atoms with Crippen LogP contribution in [0.1, 0.15) is 30.0 Å². The van der Waals surface area contributed by atoms with Gasteiger partial charge in [0.1, 0.15) is 0 Å². The van der Waals surface area contributed by atoms with Crippen molar-refractivity contribution in [2.45, 2.75) is 25.4 Å². The molecule has 3 heterocycles. The van der Waals surface area contributed by atoms with Gasteiger partial charge in [-0.1, -0.05) is 12.1 Å². The van der Waals surface area contributed by atoms with E-state index < -0.39 is 0 Å². The molecule has 1 N–H and O–H groups in total. The molecule has 6 heteroatoms. The summed E-state index contributed by atoms with van der Waals surface area (Å²) in [5, 5.41) is 11.5. The minimum absolute atomic E-state index is 0.0232. The Bertz CT molecular complexity index is 829. The minimum Gasteiger partial charge on any atom is -0.317 e. The molecule has 0 saturated carbocycles. The first-order chi connectivity index (χ1) is 12.3. The molecule has 2 amide bonds. The van der Waals surface area contributed by atoms with E-state index in [9.17, 15) is 4.79 Å². The summed E-state index contributed by atoms with van der Waals surface area (Å²) in [6, 6.07) is 12.1. The molecule has 1 aromatic carbocycles. The molecule has 1 aliphatic rings. The number of anilines is 1. The van der Waals surface area contributed by atoms with Gasteiger partial charge in [0.25, 0.3) is 0 Å². The predicted molar refractivity (Wildman–Crippen MR) is 99.8 cm³/mol. The van der Waals surface area contributed by atoms with Crippen molar-refractivity contribution in [2.75, 3.05) is 11.9 Å². The fourth-order valence-corrected chi connectivity index (χ4v) is 4.05. The van der Waals surface area contributed by atoms with Crippen molar-refractivity contribution in [3.63, 3.8) is 0 Å². The highest BCUT2D eigenvalue weighted by atomic mass is 32.1. The van der Waals surface area contributed by atoms with E-state index in [2.05, 4.69) is 27.2 Å². The van der Waals surface area contributed by atoms with Gasteiger partial charge in [-0.15, -0.1) is 0 Å². The molecule has 1 saturated heterocycles. The van der Waals surface area contributed by atoms with E-state index in [-0.39, 0.29) is 12.1 Å². The second-order valence-electron chi connectivity index (χ2n) is 6.24. The summed E-state index contributed by atoms with van der Waals surface area (Å²) in [5.74, 6) is 0. The summed E-state index contributed by atoms with van der Waals surface area (Å²) in [4.78, 5) is 14.7. The monoisotopic (exact) mass is 352 g/mol. The number of benzene rings is 1. The quantitative estimate of drug-likeness (QED) is 0.758. The number of nitrogens with zero attached hydrogens (tertiary/aromatic N) is 3. The Morgan fingerprint density at radius 2 is 2.28 bits per heavy atom. The number of nitrogens with one attached hydrogen (secondary N) is 1. The van der Waals surface area contributed by atoms with E-state index in [0.29, 0.717) is 6.54 Å². The minimum atomic E-state index is -0.0232. The number of carbonyl (C=O) groups is 1. The van der Waals surface area contributed by atoms with Crippen molar-refractivity contribution in [2.24, 2.45) is 0 Å². The first kappa shape index (κ1) is 15.9. The van der Waals surface area contributed by atoms with Crippen LogP contribution >= 0.6 is 11.3 Å². The van der Waals surface area contributed by atoms with Crippen molar-refractivity contribution in [1.82, 2.24) is 14.7 Å². The Balaban J connectivity index is 1.45. The van der Waals surface area contributed by atoms with Crippen molar-refractivity contribution in [3.05, 3.63) is 70.7 Å². The van der Waals surface area contributed by atoms with Crippen LogP contribution < -0.4 is 5.32 Å². The van der Waals surface area contributed by atoms with Crippen molar-refractivity contribution < 1.29 is 4.79 Å². The van der Waals surface area contributed by atoms with Crippen LogP contribution in [0.4, 0.5) is 10.5 Å². The predicted octanol–water partition coefficient (Wildman–Crippen LogP) is 4.36. The topological polar surface area (TPSA) is 50.2 Å². The lowest BCUT2D eigenvalue weighted by Gasteiger charge is -2.24. The van der Waals surface area contributed by atoms with Gasteiger partial charge < -0.3 is 10.2 Å². The molecule has 128 valence electrons. The van der Waals surface area contributed by atoms with Gasteiger partial charge in [0.05, 0.1) is 12.6 Å². The zero-order valence-electron chi connectivity index (χ0n) is 13.8. The van der Waals surface area contributed by atoms with Crippen LogP contribution in [0.2, 0.25) is 0 Å². The Labute approximate surface area is 150 Å². The van der Waals surface area contributed by atoms with Crippen LogP contribution in [0.25, 0.3) is 0 Å². The van der Waals surface area contributed by atoms with E-state index in [1.165, 1.54) is 5.56 Å². The molecule has 1 fully saturated rings. The smallest absolute Gasteiger partial charge is 0.317 e. The summed E-state index contributed by atoms with van der Waals surface area (Å²) >= 11 is 1.68. The van der Waals surface area contributed by atoms with Crippen LogP contribution in [0.3, 0.4) is 0 Å². The lowest BCUT2D eigenvalue weighted by atomic mass is 10.1. The summed E-state index contributed by atoms with van der Waals surface area (Å²) in [5.41, 5.74) is 3.17. The highest BCUT2D eigenvalue weighted by Crippen LogP contribution is 2.33. The van der Waals surface area contributed by atoms with E-state index in [1.807, 2.05) is 46.1 Å². The molecule has 25 heavy (non-hydrogen) atoms. The SMILES string of the molecule is O=C(Nc1cccc(Cn2cccn2)c1)N1CCC[C@@H]1c1ccsc1. The van der Waals surface area contributed by atoms with Gasteiger partial charge in [0, 0.05) is 24.6 Å². The zero-order chi connectivity index (χ0) is 17.1. The number of rotatable bonds is 4. The number of amides is 2. The van der Waals surface area contributed by atoms with Crippen LogP contribution in [-0.2, 0) is 6.54 Å². The molecule has 3 aromatic rings. The van der Waals surface area contributed by atoms with Gasteiger partial charge in [-0.2, -0.15) is 16.4 Å². The molecular formula is C19H20N4OS. The van der Waals surface area contributed by atoms with E-state index in [0.717, 1.165) is 30.6 Å². The van der Waals surface area contributed by atoms with Gasteiger partial charge in [0.15, 0.2) is 0 Å². The highest BCUT2D eigenvalue weighted by Gasteiger charge is 2.30. The second kappa shape index (κ2) is 7.11. The van der Waals surface area contributed by atoms with Gasteiger partial charge in [-0.3, -0.25) is 4.68 Å². The van der Waals surface area contributed by atoms with Crippen molar-refractivity contribution in [3.8, 4) is 0 Å². The number of likely N-dealkylation sites (tertiary alicyclic amines) is 1. The number of aromatic nitrogens is 2. The lowest BCUT2D eigenvalue weighted by molar-refractivity contribution is 0.207. The maximum Gasteiger partial charge on any atom is 0.322 e. The Morgan fingerprint density at radius 3 is 3.08 bits per heavy atom. The van der Waals surface area contributed by atoms with Crippen LogP contribution in [0.5, 0.6) is 0 Å². The molecule has 0 unspecified atom stereocenters. The molecule has 1 aliphatic heterocycles. The average molecular weight is 352 g/mol. The number of hydrogen-bond donors (Lipinski definition) is 1. The Hall–Kier alpha value is -2.60. The molecule has 0 spiro atoms. The first-order valence-corrected chi connectivity index (χ1v) is 9.40. The molecule has 0 bridgehead atoms. The van der Waals surface area contributed by atoms with E-state index >= 15 is 0 Å². The van der Waals surface area contributed by atoms with Crippen LogP contribution in [0.15, 0.2) is 59.6 Å². The Kier molecular flexibility index (Phi) is 4.52. The largest absolute Gasteiger partial charge is 0.322 e. The summed E-state index contributed by atoms with van der Waals surface area (Å²) < 4.78 is 1.87. The molecule has 5 nitrogen and oxygen atoms in total. The fraction of sp³-hybridized carbons (Fsp3) is 0.263. The number of hydrogen-bond acceptors (Lipinski definition) is 3. The van der Waals surface area contributed by atoms with Crippen molar-refractivity contribution in [1.29, 1.82) is 0 Å². The summed E-state index contributed by atoms with van der Waals surface area (Å²) in [7, 11) is 0. The van der Waals surface area contributed by atoms with Crippen LogP contribution in [-0.4, -0.2) is 27.3 Å². The van der Waals surface area contributed by atoms with Gasteiger partial charge in [-0.05, 0) is 59.0 Å². The maximum absolute atomic E-state index is 12.7. The zero-order valence-corrected chi connectivity index (χ0v) is 14.7. The first-order valence-electron chi connectivity index (χ1n) is 8.46. The molecular weight excluding hydrogens is 332 g/mol. The third-order valence-corrected chi connectivity index (χ3v) is 5.23. The van der Waals surface area contributed by atoms with Crippen molar-refractivity contribution >= 4 is 23.1 Å². The third-order valence-electron chi connectivity index (χ3n) is 4.52. The maximum atomic E-state index is 12.7. The normalized spacial score (nSPS) is 17.0. The average Bonchev–Trinajstić information content (AvgIpc) is 3.36. The highest BCUT2D eigenvalue weighted by molar-refractivity contribution is 7.08. The standard InChI is InChI=1S/C19H20N4OS/c24-19(23-10-2-6-18(23)16-7-11-25-14-16)21-17-5-1-4-15(12-17)13-22-9-3-8-20-22/h1,3-5,7-9,11-12,14,18H,2,6,10,13H2,(H,21,24)/t18-/m1/s1. The van der Waals surface area contributed by atoms with Gasteiger partial charge in [0.2, 0.25) is 0 Å². The van der Waals surface area contributed by atoms with Crippen LogP contribution in [0, 0.1) is 0 Å². The molecule has 0 radical (unpaired) electrons. The number of carbonyl (C=O) groups excluding carboxylic acids is 1. The third kappa shape index (κ3) is 3.58. The molecule has 4 rings (SSSR count). The second-order valence-corrected chi connectivity index (χ2v) is 7.02. The Morgan fingerprint density at radius 1 is 1.32 bits per heavy atom. The molecule has 0 aliphatic carbocycles. The number of urea groups is 1. The lowest BCUT2D eigenvalue weighted by Crippen LogP contribution is -2.34. The van der Waals surface area contributed by atoms with E-state index in [4.69, 9.17) is 0 Å². The van der Waals surface area contributed by atoms with Gasteiger partial charge >= 0.3 is 6.03 Å². The molecule has 1 atom stereocenters.